The van der Waals surface area contributed by atoms with Crippen LogP contribution >= 0.6 is 0 Å². The SMILES string of the molecule is CCCc1noc(CN2C[C@@H](C)OC[C@@H]2C)n1. The third-order valence-electron chi connectivity index (χ3n) is 3.06. The summed E-state index contributed by atoms with van der Waals surface area (Å²) in [5, 5.41) is 3.97. The van der Waals surface area contributed by atoms with Crippen LogP contribution in [0.25, 0.3) is 0 Å². The number of hydrogen-bond donors (Lipinski definition) is 0. The first kappa shape index (κ1) is 12.5. The van der Waals surface area contributed by atoms with Crippen LogP contribution in [0.5, 0.6) is 0 Å². The Hall–Kier alpha value is -0.940. The molecule has 0 bridgehead atoms. The molecule has 0 aliphatic carbocycles. The third-order valence-corrected chi connectivity index (χ3v) is 3.06. The van der Waals surface area contributed by atoms with Crippen LogP contribution in [0.2, 0.25) is 0 Å². The summed E-state index contributed by atoms with van der Waals surface area (Å²) in [6.07, 6.45) is 2.21. The Balaban J connectivity index is 1.94. The number of aryl methyl sites for hydroxylation is 1. The normalized spacial score (nSPS) is 26.3. The lowest BCUT2D eigenvalue weighted by atomic mass is 10.2. The number of nitrogens with zero attached hydrogens (tertiary/aromatic N) is 3. The van der Waals surface area contributed by atoms with Gasteiger partial charge in [-0.15, -0.1) is 0 Å². The molecular formula is C12H21N3O2. The lowest BCUT2D eigenvalue weighted by molar-refractivity contribution is -0.0555. The van der Waals surface area contributed by atoms with Crippen molar-refractivity contribution in [1.82, 2.24) is 15.0 Å². The van der Waals surface area contributed by atoms with Crippen LogP contribution < -0.4 is 0 Å². The van der Waals surface area contributed by atoms with E-state index in [4.69, 9.17) is 9.26 Å². The molecule has 0 spiro atoms. The molecule has 2 atom stereocenters. The number of hydrogen-bond acceptors (Lipinski definition) is 5. The summed E-state index contributed by atoms with van der Waals surface area (Å²) in [5.41, 5.74) is 0. The van der Waals surface area contributed by atoms with E-state index in [1.54, 1.807) is 0 Å². The van der Waals surface area contributed by atoms with Crippen molar-refractivity contribution in [3.8, 4) is 0 Å². The van der Waals surface area contributed by atoms with Gasteiger partial charge < -0.3 is 9.26 Å². The highest BCUT2D eigenvalue weighted by atomic mass is 16.5. The Labute approximate surface area is 102 Å². The fourth-order valence-electron chi connectivity index (χ4n) is 2.05. The quantitative estimate of drug-likeness (QED) is 0.799. The van der Waals surface area contributed by atoms with Gasteiger partial charge in [0.25, 0.3) is 0 Å². The van der Waals surface area contributed by atoms with Gasteiger partial charge in [0.05, 0.1) is 19.3 Å². The lowest BCUT2D eigenvalue weighted by Crippen LogP contribution is -2.46. The van der Waals surface area contributed by atoms with Gasteiger partial charge in [-0.1, -0.05) is 12.1 Å². The van der Waals surface area contributed by atoms with Gasteiger partial charge in [0, 0.05) is 19.0 Å². The molecule has 5 nitrogen and oxygen atoms in total. The molecule has 0 amide bonds. The third kappa shape index (κ3) is 3.26. The predicted molar refractivity (Wildman–Crippen MR) is 63.6 cm³/mol. The highest BCUT2D eigenvalue weighted by molar-refractivity contribution is 4.88. The highest BCUT2D eigenvalue weighted by Gasteiger charge is 2.24. The van der Waals surface area contributed by atoms with Crippen molar-refractivity contribution < 1.29 is 9.26 Å². The fraction of sp³-hybridized carbons (Fsp3) is 0.833. The molecule has 0 N–H and O–H groups in total. The lowest BCUT2D eigenvalue weighted by Gasteiger charge is -2.35. The molecule has 0 aromatic carbocycles. The average Bonchev–Trinajstić information content (AvgIpc) is 2.72. The molecule has 17 heavy (non-hydrogen) atoms. The van der Waals surface area contributed by atoms with Gasteiger partial charge in [-0.25, -0.2) is 0 Å². The zero-order chi connectivity index (χ0) is 12.3. The Morgan fingerprint density at radius 1 is 1.41 bits per heavy atom. The minimum Gasteiger partial charge on any atom is -0.376 e. The molecule has 96 valence electrons. The van der Waals surface area contributed by atoms with Crippen LogP contribution in [0, 0.1) is 0 Å². The van der Waals surface area contributed by atoms with Crippen molar-refractivity contribution in [1.29, 1.82) is 0 Å². The first-order chi connectivity index (χ1) is 8.19. The summed E-state index contributed by atoms with van der Waals surface area (Å²) >= 11 is 0. The zero-order valence-electron chi connectivity index (χ0n) is 10.8. The second-order valence-electron chi connectivity index (χ2n) is 4.78. The molecule has 2 heterocycles. The van der Waals surface area contributed by atoms with Crippen molar-refractivity contribution in [2.24, 2.45) is 0 Å². The van der Waals surface area contributed by atoms with Gasteiger partial charge in [-0.3, -0.25) is 4.90 Å². The maximum Gasteiger partial charge on any atom is 0.240 e. The second-order valence-corrected chi connectivity index (χ2v) is 4.78. The largest absolute Gasteiger partial charge is 0.376 e. The van der Waals surface area contributed by atoms with E-state index < -0.39 is 0 Å². The van der Waals surface area contributed by atoms with Crippen molar-refractivity contribution in [2.45, 2.75) is 52.3 Å². The van der Waals surface area contributed by atoms with E-state index in [2.05, 4.69) is 35.8 Å². The molecular weight excluding hydrogens is 218 g/mol. The molecule has 0 saturated carbocycles. The van der Waals surface area contributed by atoms with Gasteiger partial charge in [0.2, 0.25) is 5.89 Å². The van der Waals surface area contributed by atoms with Gasteiger partial charge in [0.15, 0.2) is 5.82 Å². The molecule has 1 aromatic heterocycles. The summed E-state index contributed by atoms with van der Waals surface area (Å²) in [4.78, 5) is 6.72. The molecule has 1 aliphatic heterocycles. The molecule has 1 saturated heterocycles. The molecule has 2 rings (SSSR count). The van der Waals surface area contributed by atoms with Crippen molar-refractivity contribution in [3.63, 3.8) is 0 Å². The van der Waals surface area contributed by atoms with E-state index >= 15 is 0 Å². The zero-order valence-corrected chi connectivity index (χ0v) is 10.8. The number of ether oxygens (including phenoxy) is 1. The van der Waals surface area contributed by atoms with E-state index in [1.165, 1.54) is 0 Å². The van der Waals surface area contributed by atoms with Gasteiger partial charge in [-0.05, 0) is 20.3 Å². The van der Waals surface area contributed by atoms with Gasteiger partial charge in [0.1, 0.15) is 0 Å². The summed E-state index contributed by atoms with van der Waals surface area (Å²) < 4.78 is 10.9. The minimum absolute atomic E-state index is 0.282. The Morgan fingerprint density at radius 2 is 2.24 bits per heavy atom. The fourth-order valence-corrected chi connectivity index (χ4v) is 2.05. The van der Waals surface area contributed by atoms with Crippen LogP contribution in [-0.4, -0.2) is 40.3 Å². The maximum atomic E-state index is 5.59. The summed E-state index contributed by atoms with van der Waals surface area (Å²) in [5.74, 6) is 1.53. The van der Waals surface area contributed by atoms with E-state index in [-0.39, 0.29) is 6.10 Å². The van der Waals surface area contributed by atoms with E-state index in [0.29, 0.717) is 6.04 Å². The first-order valence-electron chi connectivity index (χ1n) is 6.36. The van der Waals surface area contributed by atoms with Crippen LogP contribution in [0.15, 0.2) is 4.52 Å². The van der Waals surface area contributed by atoms with Crippen LogP contribution in [0.3, 0.4) is 0 Å². The van der Waals surface area contributed by atoms with Crippen molar-refractivity contribution in [3.05, 3.63) is 11.7 Å². The number of aromatic nitrogens is 2. The topological polar surface area (TPSA) is 51.4 Å². The van der Waals surface area contributed by atoms with Crippen molar-refractivity contribution >= 4 is 0 Å². The van der Waals surface area contributed by atoms with Gasteiger partial charge in [-0.2, -0.15) is 4.98 Å². The summed E-state index contributed by atoms with van der Waals surface area (Å²) in [7, 11) is 0. The van der Waals surface area contributed by atoms with Crippen LogP contribution in [-0.2, 0) is 17.7 Å². The predicted octanol–water partition coefficient (Wildman–Crippen LogP) is 1.63. The number of rotatable bonds is 4. The Kier molecular flexibility index (Phi) is 4.12. The van der Waals surface area contributed by atoms with E-state index in [9.17, 15) is 0 Å². The smallest absolute Gasteiger partial charge is 0.240 e. The molecule has 0 unspecified atom stereocenters. The Morgan fingerprint density at radius 3 is 3.00 bits per heavy atom. The van der Waals surface area contributed by atoms with Gasteiger partial charge >= 0.3 is 0 Å². The molecule has 1 aromatic rings. The first-order valence-corrected chi connectivity index (χ1v) is 6.36. The standard InChI is InChI=1S/C12H21N3O2/c1-4-5-11-13-12(17-14-11)7-15-6-10(3)16-8-9(15)2/h9-10H,4-8H2,1-3H3/t9-,10+/m0/s1. The second kappa shape index (κ2) is 5.60. The molecule has 5 heteroatoms. The maximum absolute atomic E-state index is 5.59. The van der Waals surface area contributed by atoms with Crippen molar-refractivity contribution in [2.75, 3.05) is 13.2 Å². The van der Waals surface area contributed by atoms with E-state index in [1.807, 2.05) is 0 Å². The Bertz CT molecular complexity index is 353. The highest BCUT2D eigenvalue weighted by Crippen LogP contribution is 2.14. The summed E-state index contributed by atoms with van der Waals surface area (Å²) in [6.45, 7) is 8.79. The molecule has 0 radical (unpaired) electrons. The summed E-state index contributed by atoms with van der Waals surface area (Å²) in [6, 6.07) is 0.410. The van der Waals surface area contributed by atoms with E-state index in [0.717, 1.165) is 44.3 Å². The molecule has 1 fully saturated rings. The van der Waals surface area contributed by atoms with Crippen LogP contribution in [0.1, 0.15) is 38.9 Å². The number of morpholine rings is 1. The van der Waals surface area contributed by atoms with Crippen LogP contribution in [0.4, 0.5) is 0 Å². The minimum atomic E-state index is 0.282. The average molecular weight is 239 g/mol. The monoisotopic (exact) mass is 239 g/mol. The molecule has 1 aliphatic rings.